The number of hydrogen-bond acceptors (Lipinski definition) is 3. The average molecular weight is 325 g/mol. The van der Waals surface area contributed by atoms with Gasteiger partial charge in [0.2, 0.25) is 15.9 Å². The molecule has 0 unspecified atom stereocenters. The third kappa shape index (κ3) is 4.65. The zero-order chi connectivity index (χ0) is 14.6. The second-order valence-electron chi connectivity index (χ2n) is 3.83. The highest BCUT2D eigenvalue weighted by Gasteiger charge is 2.18. The van der Waals surface area contributed by atoms with Gasteiger partial charge in [0.25, 0.3) is 0 Å². The summed E-state index contributed by atoms with van der Waals surface area (Å²) < 4.78 is 24.0. The molecule has 1 rings (SSSR count). The van der Waals surface area contributed by atoms with Crippen molar-refractivity contribution in [3.8, 4) is 0 Å². The number of nitrogens with one attached hydrogen (secondary N) is 1. The Morgan fingerprint density at radius 1 is 1.32 bits per heavy atom. The Hall–Kier alpha value is -0.820. The van der Waals surface area contributed by atoms with Crippen molar-refractivity contribution in [2.75, 3.05) is 24.7 Å². The van der Waals surface area contributed by atoms with Gasteiger partial charge in [-0.25, -0.2) is 8.42 Å². The van der Waals surface area contributed by atoms with E-state index in [0.29, 0.717) is 15.7 Å². The number of carbonyl (C=O) groups is 1. The smallest absolute Gasteiger partial charge is 0.239 e. The van der Waals surface area contributed by atoms with Crippen molar-refractivity contribution in [3.05, 3.63) is 28.2 Å². The molecule has 5 nitrogen and oxygen atoms in total. The van der Waals surface area contributed by atoms with Crippen LogP contribution >= 0.6 is 23.2 Å². The van der Waals surface area contributed by atoms with Gasteiger partial charge in [0.05, 0.1) is 22.3 Å². The normalized spacial score (nSPS) is 11.6. The van der Waals surface area contributed by atoms with Crippen molar-refractivity contribution in [1.29, 1.82) is 0 Å². The fraction of sp³-hybridized carbons (Fsp3) is 0.364. The number of hydrogen-bond donors (Lipinski definition) is 1. The number of rotatable bonds is 5. The Balaban J connectivity index is 2.68. The lowest BCUT2D eigenvalue weighted by atomic mass is 10.3. The summed E-state index contributed by atoms with van der Waals surface area (Å²) in [5.74, 6) is -0.498. The molecule has 0 heterocycles. The summed E-state index contributed by atoms with van der Waals surface area (Å²) in [4.78, 5) is 11.7. The Labute approximate surface area is 122 Å². The quantitative estimate of drug-likeness (QED) is 0.903. The second-order valence-corrected chi connectivity index (χ2v) is 7.01. The third-order valence-corrected chi connectivity index (χ3v) is 4.96. The van der Waals surface area contributed by atoms with Crippen LogP contribution in [0.25, 0.3) is 0 Å². The third-order valence-electron chi connectivity index (χ3n) is 2.41. The average Bonchev–Trinajstić information content (AvgIpc) is 2.33. The maximum absolute atomic E-state index is 11.7. The van der Waals surface area contributed by atoms with Gasteiger partial charge < -0.3 is 5.32 Å². The lowest BCUT2D eigenvalue weighted by Gasteiger charge is -2.15. The molecule has 1 N–H and O–H groups in total. The molecule has 1 aromatic carbocycles. The first kappa shape index (κ1) is 16.2. The summed E-state index contributed by atoms with van der Waals surface area (Å²) in [6, 6.07) is 4.63. The van der Waals surface area contributed by atoms with Crippen LogP contribution in [0.15, 0.2) is 18.2 Å². The highest BCUT2D eigenvalue weighted by molar-refractivity contribution is 7.89. The summed E-state index contributed by atoms with van der Waals surface area (Å²) in [6.45, 7) is 1.26. The van der Waals surface area contributed by atoms with E-state index in [0.717, 1.165) is 4.31 Å². The van der Waals surface area contributed by atoms with Crippen LogP contribution in [0, 0.1) is 0 Å². The van der Waals surface area contributed by atoms with Crippen molar-refractivity contribution in [1.82, 2.24) is 4.31 Å². The van der Waals surface area contributed by atoms with Gasteiger partial charge in [-0.15, -0.1) is 0 Å². The van der Waals surface area contributed by atoms with E-state index in [9.17, 15) is 13.2 Å². The van der Waals surface area contributed by atoms with E-state index in [1.165, 1.54) is 20.0 Å². The minimum atomic E-state index is -3.38. The standard InChI is InChI=1S/C11H14Cl2N2O3S/c1-3-19(17,18)15(2)7-11(16)14-8-4-5-9(12)10(13)6-8/h4-6H,3,7H2,1-2H3,(H,14,16). The number of carbonyl (C=O) groups excluding carboxylic acids is 1. The van der Waals surface area contributed by atoms with E-state index in [-0.39, 0.29) is 12.3 Å². The number of nitrogens with zero attached hydrogens (tertiary/aromatic N) is 1. The van der Waals surface area contributed by atoms with Crippen molar-refractivity contribution in [2.24, 2.45) is 0 Å². The van der Waals surface area contributed by atoms with E-state index in [1.54, 1.807) is 12.1 Å². The number of likely N-dealkylation sites (N-methyl/N-ethyl adjacent to an activating group) is 1. The summed E-state index contributed by atoms with van der Waals surface area (Å²) in [7, 11) is -2.02. The topological polar surface area (TPSA) is 66.5 Å². The van der Waals surface area contributed by atoms with E-state index in [4.69, 9.17) is 23.2 Å². The van der Waals surface area contributed by atoms with Gasteiger partial charge in [-0.05, 0) is 25.1 Å². The molecule has 8 heteroatoms. The number of anilines is 1. The van der Waals surface area contributed by atoms with E-state index in [1.807, 2.05) is 0 Å². The Bertz CT molecular complexity index is 575. The molecule has 0 radical (unpaired) electrons. The predicted octanol–water partition coefficient (Wildman–Crippen LogP) is 2.21. The van der Waals surface area contributed by atoms with Gasteiger partial charge >= 0.3 is 0 Å². The van der Waals surface area contributed by atoms with Gasteiger partial charge in [-0.1, -0.05) is 23.2 Å². The van der Waals surface area contributed by atoms with E-state index >= 15 is 0 Å². The number of amides is 1. The fourth-order valence-electron chi connectivity index (χ4n) is 1.30. The van der Waals surface area contributed by atoms with Crippen LogP contribution in [0.3, 0.4) is 0 Å². The van der Waals surface area contributed by atoms with E-state index in [2.05, 4.69) is 5.32 Å². The minimum absolute atomic E-state index is 0.0520. The van der Waals surface area contributed by atoms with Gasteiger partial charge in [-0.2, -0.15) is 4.31 Å². The van der Waals surface area contributed by atoms with Crippen LogP contribution in [0.4, 0.5) is 5.69 Å². The zero-order valence-electron chi connectivity index (χ0n) is 10.5. The predicted molar refractivity (Wildman–Crippen MR) is 77.2 cm³/mol. The summed E-state index contributed by atoms with van der Waals surface area (Å²) in [6.07, 6.45) is 0. The van der Waals surface area contributed by atoms with Crippen molar-refractivity contribution in [3.63, 3.8) is 0 Å². The molecular weight excluding hydrogens is 311 g/mol. The van der Waals surface area contributed by atoms with Gasteiger partial charge in [0.15, 0.2) is 0 Å². The first-order valence-electron chi connectivity index (χ1n) is 5.45. The highest BCUT2D eigenvalue weighted by atomic mass is 35.5. The maximum atomic E-state index is 11.7. The molecule has 0 aliphatic rings. The van der Waals surface area contributed by atoms with Crippen LogP contribution < -0.4 is 5.32 Å². The molecule has 0 aromatic heterocycles. The fourth-order valence-corrected chi connectivity index (χ4v) is 2.35. The number of benzene rings is 1. The van der Waals surface area contributed by atoms with Crippen molar-refractivity contribution in [2.45, 2.75) is 6.92 Å². The first-order valence-corrected chi connectivity index (χ1v) is 7.81. The van der Waals surface area contributed by atoms with Crippen molar-refractivity contribution >= 4 is 44.8 Å². The van der Waals surface area contributed by atoms with Crippen LogP contribution in [-0.2, 0) is 14.8 Å². The molecule has 0 saturated heterocycles. The SMILES string of the molecule is CCS(=O)(=O)N(C)CC(=O)Nc1ccc(Cl)c(Cl)c1. The molecule has 0 aliphatic carbocycles. The lowest BCUT2D eigenvalue weighted by molar-refractivity contribution is -0.116. The van der Waals surface area contributed by atoms with Gasteiger partial charge in [-0.3, -0.25) is 4.79 Å². The number of sulfonamides is 1. The molecule has 0 spiro atoms. The molecule has 0 aliphatic heterocycles. The highest BCUT2D eigenvalue weighted by Crippen LogP contribution is 2.24. The van der Waals surface area contributed by atoms with Crippen LogP contribution in [0.2, 0.25) is 10.0 Å². The molecule has 0 saturated carbocycles. The van der Waals surface area contributed by atoms with Gasteiger partial charge in [0.1, 0.15) is 0 Å². The molecule has 1 aromatic rings. The zero-order valence-corrected chi connectivity index (χ0v) is 12.8. The summed E-state index contributed by atoms with van der Waals surface area (Å²) in [5, 5.41) is 3.24. The largest absolute Gasteiger partial charge is 0.325 e. The maximum Gasteiger partial charge on any atom is 0.239 e. The molecular formula is C11H14Cl2N2O3S. The van der Waals surface area contributed by atoms with E-state index < -0.39 is 15.9 Å². The summed E-state index contributed by atoms with van der Waals surface area (Å²) in [5.41, 5.74) is 0.460. The molecule has 0 atom stereocenters. The Kier molecular flexibility index (Phi) is 5.61. The second kappa shape index (κ2) is 6.56. The monoisotopic (exact) mass is 324 g/mol. The molecule has 1 amide bonds. The van der Waals surface area contributed by atoms with Crippen LogP contribution in [0.5, 0.6) is 0 Å². The lowest BCUT2D eigenvalue weighted by Crippen LogP contribution is -2.35. The van der Waals surface area contributed by atoms with Crippen LogP contribution in [-0.4, -0.2) is 38.0 Å². The molecule has 19 heavy (non-hydrogen) atoms. The molecule has 0 fully saturated rings. The summed E-state index contributed by atoms with van der Waals surface area (Å²) >= 11 is 11.6. The molecule has 106 valence electrons. The Morgan fingerprint density at radius 2 is 1.95 bits per heavy atom. The van der Waals surface area contributed by atoms with Crippen molar-refractivity contribution < 1.29 is 13.2 Å². The molecule has 0 bridgehead atoms. The Morgan fingerprint density at radius 3 is 2.47 bits per heavy atom. The minimum Gasteiger partial charge on any atom is -0.325 e. The van der Waals surface area contributed by atoms with Crippen LogP contribution in [0.1, 0.15) is 6.92 Å². The number of halogens is 2. The van der Waals surface area contributed by atoms with Gasteiger partial charge in [0, 0.05) is 12.7 Å². The first-order chi connectivity index (χ1) is 8.76.